The minimum Gasteiger partial charge on any atom is -0.0625 e. The van der Waals surface area contributed by atoms with Crippen molar-refractivity contribution in [3.63, 3.8) is 0 Å². The minimum absolute atomic E-state index is 0.541. The summed E-state index contributed by atoms with van der Waals surface area (Å²) in [6.07, 6.45) is 5.15. The molecule has 1 aliphatic carbocycles. The SMILES string of the molecule is CC1C[CH]C(C)(C)C1. The summed E-state index contributed by atoms with van der Waals surface area (Å²) in [5.74, 6) is 0.935. The molecule has 0 saturated heterocycles. The van der Waals surface area contributed by atoms with Gasteiger partial charge in [-0.15, -0.1) is 0 Å². The molecule has 1 radical (unpaired) electrons. The van der Waals surface area contributed by atoms with E-state index in [4.69, 9.17) is 0 Å². The molecule has 1 unspecified atom stereocenters. The van der Waals surface area contributed by atoms with Gasteiger partial charge in [0, 0.05) is 0 Å². The Kier molecular flexibility index (Phi) is 1.34. The predicted molar refractivity (Wildman–Crippen MR) is 36.5 cm³/mol. The van der Waals surface area contributed by atoms with Gasteiger partial charge in [0.15, 0.2) is 0 Å². The van der Waals surface area contributed by atoms with Crippen molar-refractivity contribution in [1.82, 2.24) is 0 Å². The van der Waals surface area contributed by atoms with Crippen molar-refractivity contribution >= 4 is 0 Å². The Bertz CT molecular complexity index is 82.0. The third-order valence-corrected chi connectivity index (χ3v) is 1.95. The van der Waals surface area contributed by atoms with Gasteiger partial charge in [0.05, 0.1) is 0 Å². The van der Waals surface area contributed by atoms with Crippen molar-refractivity contribution in [2.75, 3.05) is 0 Å². The van der Waals surface area contributed by atoms with Crippen LogP contribution >= 0.6 is 0 Å². The monoisotopic (exact) mass is 111 g/mol. The zero-order valence-corrected chi connectivity index (χ0v) is 6.07. The van der Waals surface area contributed by atoms with Crippen molar-refractivity contribution in [1.29, 1.82) is 0 Å². The fourth-order valence-electron chi connectivity index (χ4n) is 1.58. The first-order valence-electron chi connectivity index (χ1n) is 3.44. The summed E-state index contributed by atoms with van der Waals surface area (Å²) in [6.45, 7) is 6.96. The van der Waals surface area contributed by atoms with Crippen LogP contribution in [0, 0.1) is 17.8 Å². The van der Waals surface area contributed by atoms with E-state index in [1.54, 1.807) is 0 Å². The molecule has 1 aliphatic rings. The molecule has 8 heavy (non-hydrogen) atoms. The summed E-state index contributed by atoms with van der Waals surface area (Å²) >= 11 is 0. The maximum atomic E-state index is 2.44. The normalized spacial score (nSPS) is 35.6. The van der Waals surface area contributed by atoms with Crippen molar-refractivity contribution in [2.24, 2.45) is 11.3 Å². The van der Waals surface area contributed by atoms with Crippen molar-refractivity contribution < 1.29 is 0 Å². The molecule has 0 bridgehead atoms. The molecule has 0 aliphatic heterocycles. The van der Waals surface area contributed by atoms with Crippen LogP contribution in [0.2, 0.25) is 0 Å². The molecule has 0 aromatic rings. The zero-order valence-electron chi connectivity index (χ0n) is 6.07. The van der Waals surface area contributed by atoms with E-state index in [-0.39, 0.29) is 0 Å². The Morgan fingerprint density at radius 2 is 2.12 bits per heavy atom. The van der Waals surface area contributed by atoms with Gasteiger partial charge in [0.1, 0.15) is 0 Å². The molecule has 0 N–H and O–H groups in total. The van der Waals surface area contributed by atoms with Crippen LogP contribution in [0.3, 0.4) is 0 Å². The summed E-state index contributed by atoms with van der Waals surface area (Å²) in [7, 11) is 0. The second kappa shape index (κ2) is 1.75. The van der Waals surface area contributed by atoms with Gasteiger partial charge in [0.2, 0.25) is 0 Å². The Morgan fingerprint density at radius 1 is 1.50 bits per heavy atom. The van der Waals surface area contributed by atoms with Crippen LogP contribution < -0.4 is 0 Å². The summed E-state index contributed by atoms with van der Waals surface area (Å²) in [5.41, 5.74) is 0.541. The van der Waals surface area contributed by atoms with Gasteiger partial charge in [-0.05, 0) is 30.6 Å². The van der Waals surface area contributed by atoms with Gasteiger partial charge in [-0.2, -0.15) is 0 Å². The van der Waals surface area contributed by atoms with Crippen LogP contribution in [0.25, 0.3) is 0 Å². The molecule has 1 fully saturated rings. The molecule has 0 heterocycles. The molecular formula is C8H15. The highest BCUT2D eigenvalue weighted by Gasteiger charge is 2.27. The first-order valence-corrected chi connectivity index (χ1v) is 3.44. The highest BCUT2D eigenvalue weighted by molar-refractivity contribution is 4.93. The number of hydrogen-bond acceptors (Lipinski definition) is 0. The lowest BCUT2D eigenvalue weighted by molar-refractivity contribution is 0.416. The number of rotatable bonds is 0. The quantitative estimate of drug-likeness (QED) is 0.451. The summed E-state index contributed by atoms with van der Waals surface area (Å²) in [6, 6.07) is 0. The van der Waals surface area contributed by atoms with Crippen LogP contribution in [0.4, 0.5) is 0 Å². The molecule has 0 spiro atoms. The van der Waals surface area contributed by atoms with E-state index in [1.165, 1.54) is 12.8 Å². The van der Waals surface area contributed by atoms with E-state index >= 15 is 0 Å². The molecule has 0 aromatic heterocycles. The van der Waals surface area contributed by atoms with E-state index < -0.39 is 0 Å². The van der Waals surface area contributed by atoms with Crippen LogP contribution in [0.5, 0.6) is 0 Å². The Morgan fingerprint density at radius 3 is 2.25 bits per heavy atom. The Labute approximate surface area is 52.3 Å². The standard InChI is InChI=1S/C8H15/c1-7-4-5-8(2,3)6-7/h5,7H,4,6H2,1-3H3. The van der Waals surface area contributed by atoms with E-state index in [2.05, 4.69) is 27.2 Å². The Hall–Kier alpha value is 0. The predicted octanol–water partition coefficient (Wildman–Crippen LogP) is 2.65. The Balaban J connectivity index is 2.44. The van der Waals surface area contributed by atoms with Gasteiger partial charge >= 0.3 is 0 Å². The molecule has 1 rings (SSSR count). The molecule has 1 atom stereocenters. The molecule has 0 aromatic carbocycles. The van der Waals surface area contributed by atoms with Gasteiger partial charge < -0.3 is 0 Å². The maximum absolute atomic E-state index is 2.44. The van der Waals surface area contributed by atoms with Crippen molar-refractivity contribution in [2.45, 2.75) is 33.6 Å². The topological polar surface area (TPSA) is 0 Å². The van der Waals surface area contributed by atoms with E-state index in [0.717, 1.165) is 5.92 Å². The molecular weight excluding hydrogens is 96.1 g/mol. The molecule has 0 nitrogen and oxygen atoms in total. The van der Waals surface area contributed by atoms with Gasteiger partial charge in [0.25, 0.3) is 0 Å². The molecule has 0 heteroatoms. The van der Waals surface area contributed by atoms with Gasteiger partial charge in [-0.25, -0.2) is 0 Å². The largest absolute Gasteiger partial charge is 0.0625 e. The average molecular weight is 111 g/mol. The summed E-state index contributed by atoms with van der Waals surface area (Å²) < 4.78 is 0. The number of hydrogen-bond donors (Lipinski definition) is 0. The van der Waals surface area contributed by atoms with Gasteiger partial charge in [-0.3, -0.25) is 0 Å². The highest BCUT2D eigenvalue weighted by Crippen LogP contribution is 2.39. The average Bonchev–Trinajstić information content (AvgIpc) is 1.82. The zero-order chi connectivity index (χ0) is 6.20. The van der Waals surface area contributed by atoms with Crippen LogP contribution in [-0.4, -0.2) is 0 Å². The van der Waals surface area contributed by atoms with Crippen LogP contribution in [0.15, 0.2) is 0 Å². The third-order valence-electron chi connectivity index (χ3n) is 1.95. The summed E-state index contributed by atoms with van der Waals surface area (Å²) in [5, 5.41) is 0. The second-order valence-electron chi connectivity index (χ2n) is 3.74. The fourth-order valence-corrected chi connectivity index (χ4v) is 1.58. The third kappa shape index (κ3) is 1.24. The molecule has 1 saturated carbocycles. The minimum atomic E-state index is 0.541. The summed E-state index contributed by atoms with van der Waals surface area (Å²) in [4.78, 5) is 0. The van der Waals surface area contributed by atoms with E-state index in [0.29, 0.717) is 5.41 Å². The van der Waals surface area contributed by atoms with Crippen molar-refractivity contribution in [3.8, 4) is 0 Å². The fraction of sp³-hybridized carbons (Fsp3) is 0.875. The van der Waals surface area contributed by atoms with E-state index in [1.807, 2.05) is 0 Å². The lowest BCUT2D eigenvalue weighted by Crippen LogP contribution is -2.04. The smallest absolute Gasteiger partial charge is 0.0320 e. The second-order valence-corrected chi connectivity index (χ2v) is 3.74. The van der Waals surface area contributed by atoms with Crippen molar-refractivity contribution in [3.05, 3.63) is 6.42 Å². The van der Waals surface area contributed by atoms with Gasteiger partial charge in [-0.1, -0.05) is 20.8 Å². The maximum Gasteiger partial charge on any atom is -0.0320 e. The van der Waals surface area contributed by atoms with Crippen LogP contribution in [-0.2, 0) is 0 Å². The molecule has 0 amide bonds. The first-order chi connectivity index (χ1) is 3.60. The van der Waals surface area contributed by atoms with E-state index in [9.17, 15) is 0 Å². The van der Waals surface area contributed by atoms with Crippen LogP contribution in [0.1, 0.15) is 33.6 Å². The molecule has 47 valence electrons. The lowest BCUT2D eigenvalue weighted by Gasteiger charge is -2.14. The lowest BCUT2D eigenvalue weighted by atomic mass is 9.91. The highest BCUT2D eigenvalue weighted by atomic mass is 14.3. The first kappa shape index (κ1) is 6.12.